The normalized spacial score (nSPS) is 10.7. The lowest BCUT2D eigenvalue weighted by atomic mass is 10.1. The first-order valence-corrected chi connectivity index (χ1v) is 5.83. The molecule has 0 aliphatic heterocycles. The van der Waals surface area contributed by atoms with Crippen LogP contribution in [0, 0.1) is 0 Å². The highest BCUT2D eigenvalue weighted by atomic mass is 16.4. The van der Waals surface area contributed by atoms with Gasteiger partial charge in [0, 0.05) is 17.8 Å². The Labute approximate surface area is 109 Å². The largest absolute Gasteiger partial charge is 0.481 e. The Morgan fingerprint density at radius 3 is 2.95 bits per heavy atom. The van der Waals surface area contributed by atoms with E-state index >= 15 is 0 Å². The summed E-state index contributed by atoms with van der Waals surface area (Å²) in [5, 5.41) is 14.1. The van der Waals surface area contributed by atoms with Gasteiger partial charge < -0.3 is 5.11 Å². The van der Waals surface area contributed by atoms with E-state index in [1.54, 1.807) is 23.1 Å². The van der Waals surface area contributed by atoms with Gasteiger partial charge in [-0.25, -0.2) is 4.68 Å². The van der Waals surface area contributed by atoms with Crippen LogP contribution in [-0.2, 0) is 11.2 Å². The fourth-order valence-electron chi connectivity index (χ4n) is 1.98. The van der Waals surface area contributed by atoms with E-state index in [1.807, 2.05) is 30.5 Å². The van der Waals surface area contributed by atoms with Crippen LogP contribution in [0.3, 0.4) is 0 Å². The molecule has 5 heteroatoms. The first-order valence-electron chi connectivity index (χ1n) is 5.83. The van der Waals surface area contributed by atoms with Crippen molar-refractivity contribution in [3.8, 4) is 5.69 Å². The Morgan fingerprint density at radius 1 is 1.32 bits per heavy atom. The number of benzene rings is 1. The molecule has 94 valence electrons. The molecule has 3 rings (SSSR count). The lowest BCUT2D eigenvalue weighted by molar-refractivity contribution is -0.136. The molecule has 2 aromatic heterocycles. The number of aromatic nitrogens is 3. The topological polar surface area (TPSA) is 68.0 Å². The second-order valence-corrected chi connectivity index (χ2v) is 4.25. The molecule has 0 radical (unpaired) electrons. The van der Waals surface area contributed by atoms with Crippen LogP contribution in [0.15, 0.2) is 48.9 Å². The minimum atomic E-state index is -0.834. The summed E-state index contributed by atoms with van der Waals surface area (Å²) in [5.41, 5.74) is 2.47. The number of nitrogens with zero attached hydrogens (tertiary/aromatic N) is 3. The number of carbonyl (C=O) groups is 1. The fourth-order valence-corrected chi connectivity index (χ4v) is 1.98. The summed E-state index contributed by atoms with van der Waals surface area (Å²) in [4.78, 5) is 14.8. The van der Waals surface area contributed by atoms with Gasteiger partial charge in [0.2, 0.25) is 0 Å². The first-order chi connectivity index (χ1) is 9.22. The molecule has 0 aliphatic rings. The molecule has 0 fully saturated rings. The molecular formula is C14H11N3O2. The molecule has 0 aliphatic carbocycles. The smallest absolute Gasteiger partial charge is 0.307 e. The molecule has 0 bridgehead atoms. The minimum absolute atomic E-state index is 0.0218. The van der Waals surface area contributed by atoms with E-state index in [9.17, 15) is 4.79 Å². The van der Waals surface area contributed by atoms with Gasteiger partial charge >= 0.3 is 5.97 Å². The van der Waals surface area contributed by atoms with E-state index in [2.05, 4.69) is 10.1 Å². The number of aliphatic carboxylic acids is 1. The number of fused-ring (bicyclic) bond motifs is 1. The SMILES string of the molecule is O=C(O)Cc1ccc2nn(-c3cccnc3)cc2c1. The Hall–Kier alpha value is -2.69. The Kier molecular flexibility index (Phi) is 2.72. The highest BCUT2D eigenvalue weighted by molar-refractivity contribution is 5.81. The zero-order valence-electron chi connectivity index (χ0n) is 10.0. The summed E-state index contributed by atoms with van der Waals surface area (Å²) >= 11 is 0. The van der Waals surface area contributed by atoms with Crippen LogP contribution in [-0.4, -0.2) is 25.8 Å². The van der Waals surface area contributed by atoms with Crippen molar-refractivity contribution in [2.75, 3.05) is 0 Å². The van der Waals surface area contributed by atoms with Crippen LogP contribution >= 0.6 is 0 Å². The number of pyridine rings is 1. The molecule has 19 heavy (non-hydrogen) atoms. The maximum atomic E-state index is 10.7. The number of rotatable bonds is 3. The predicted octanol–water partition coefficient (Wildman–Crippen LogP) is 2.05. The van der Waals surface area contributed by atoms with Gasteiger partial charge in [-0.05, 0) is 29.8 Å². The van der Waals surface area contributed by atoms with Crippen molar-refractivity contribution in [1.82, 2.24) is 14.8 Å². The summed E-state index contributed by atoms with van der Waals surface area (Å²) in [6, 6.07) is 9.23. The number of hydrogen-bond donors (Lipinski definition) is 1. The van der Waals surface area contributed by atoms with Crippen LogP contribution in [0.25, 0.3) is 16.6 Å². The van der Waals surface area contributed by atoms with Crippen molar-refractivity contribution < 1.29 is 9.90 Å². The van der Waals surface area contributed by atoms with Crippen molar-refractivity contribution in [3.63, 3.8) is 0 Å². The lowest BCUT2D eigenvalue weighted by Gasteiger charge is -1.97. The number of carboxylic acid groups (broad SMARTS) is 1. The summed E-state index contributed by atoms with van der Waals surface area (Å²) in [5.74, 6) is -0.834. The molecule has 2 heterocycles. The van der Waals surface area contributed by atoms with Crippen molar-refractivity contribution in [2.24, 2.45) is 0 Å². The molecule has 0 saturated carbocycles. The van der Waals surface area contributed by atoms with Crippen molar-refractivity contribution in [2.45, 2.75) is 6.42 Å². The molecule has 0 atom stereocenters. The third-order valence-electron chi connectivity index (χ3n) is 2.83. The van der Waals surface area contributed by atoms with Gasteiger partial charge in [0.15, 0.2) is 0 Å². The molecular weight excluding hydrogens is 242 g/mol. The van der Waals surface area contributed by atoms with Gasteiger partial charge in [0.1, 0.15) is 0 Å². The molecule has 5 nitrogen and oxygen atoms in total. The lowest BCUT2D eigenvalue weighted by Crippen LogP contribution is -1.99. The van der Waals surface area contributed by atoms with Gasteiger partial charge in [-0.1, -0.05) is 6.07 Å². The summed E-state index contributed by atoms with van der Waals surface area (Å²) < 4.78 is 1.74. The van der Waals surface area contributed by atoms with Crippen molar-refractivity contribution >= 4 is 16.9 Å². The van der Waals surface area contributed by atoms with Gasteiger partial charge in [0.05, 0.1) is 23.8 Å². The monoisotopic (exact) mass is 253 g/mol. The average molecular weight is 253 g/mol. The zero-order valence-corrected chi connectivity index (χ0v) is 10.0. The van der Waals surface area contributed by atoms with Gasteiger partial charge in [0.25, 0.3) is 0 Å². The standard InChI is InChI=1S/C14H11N3O2/c18-14(19)7-10-3-4-13-11(6-10)9-17(16-13)12-2-1-5-15-8-12/h1-6,8-9H,7H2,(H,18,19). The first kappa shape index (κ1) is 11.4. The summed E-state index contributed by atoms with van der Waals surface area (Å²) in [6.45, 7) is 0. The molecule has 0 spiro atoms. The predicted molar refractivity (Wildman–Crippen MR) is 70.2 cm³/mol. The van der Waals surface area contributed by atoms with E-state index in [4.69, 9.17) is 5.11 Å². The van der Waals surface area contributed by atoms with Gasteiger partial charge in [-0.3, -0.25) is 9.78 Å². The summed E-state index contributed by atoms with van der Waals surface area (Å²) in [6.07, 6.45) is 5.33. The third kappa shape index (κ3) is 2.30. The maximum absolute atomic E-state index is 10.7. The van der Waals surface area contributed by atoms with E-state index in [0.29, 0.717) is 0 Å². The Bertz CT molecular complexity index is 735. The highest BCUT2D eigenvalue weighted by Gasteiger charge is 2.06. The van der Waals surface area contributed by atoms with Crippen LogP contribution in [0.1, 0.15) is 5.56 Å². The van der Waals surface area contributed by atoms with Gasteiger partial charge in [-0.15, -0.1) is 0 Å². The van der Waals surface area contributed by atoms with E-state index in [1.165, 1.54) is 0 Å². The van der Waals surface area contributed by atoms with Gasteiger partial charge in [-0.2, -0.15) is 5.10 Å². The molecule has 0 amide bonds. The summed E-state index contributed by atoms with van der Waals surface area (Å²) in [7, 11) is 0. The molecule has 1 N–H and O–H groups in total. The van der Waals surface area contributed by atoms with Crippen LogP contribution in [0.5, 0.6) is 0 Å². The maximum Gasteiger partial charge on any atom is 0.307 e. The second kappa shape index (κ2) is 4.53. The Balaban J connectivity index is 2.04. The molecule has 0 saturated heterocycles. The average Bonchev–Trinajstić information content (AvgIpc) is 2.82. The molecule has 3 aromatic rings. The van der Waals surface area contributed by atoms with E-state index < -0.39 is 5.97 Å². The quantitative estimate of drug-likeness (QED) is 0.775. The van der Waals surface area contributed by atoms with Crippen LogP contribution in [0.4, 0.5) is 0 Å². The molecule has 1 aromatic carbocycles. The van der Waals surface area contributed by atoms with Crippen molar-refractivity contribution in [1.29, 1.82) is 0 Å². The zero-order chi connectivity index (χ0) is 13.2. The van der Waals surface area contributed by atoms with E-state index in [0.717, 1.165) is 22.2 Å². The third-order valence-corrected chi connectivity index (χ3v) is 2.83. The van der Waals surface area contributed by atoms with Crippen LogP contribution < -0.4 is 0 Å². The fraction of sp³-hybridized carbons (Fsp3) is 0.0714. The molecule has 0 unspecified atom stereocenters. The minimum Gasteiger partial charge on any atom is -0.481 e. The number of carboxylic acids is 1. The van der Waals surface area contributed by atoms with Crippen LogP contribution in [0.2, 0.25) is 0 Å². The van der Waals surface area contributed by atoms with Crippen molar-refractivity contribution in [3.05, 3.63) is 54.5 Å². The Morgan fingerprint density at radius 2 is 2.21 bits per heavy atom. The second-order valence-electron chi connectivity index (χ2n) is 4.25. The number of hydrogen-bond acceptors (Lipinski definition) is 3. The van der Waals surface area contributed by atoms with E-state index in [-0.39, 0.29) is 6.42 Å². The highest BCUT2D eigenvalue weighted by Crippen LogP contribution is 2.17.